The number of fused-ring (bicyclic) bond motifs is 3. The summed E-state index contributed by atoms with van der Waals surface area (Å²) in [7, 11) is 0. The summed E-state index contributed by atoms with van der Waals surface area (Å²) in [4.78, 5) is 49.2. The van der Waals surface area contributed by atoms with Crippen LogP contribution in [0.3, 0.4) is 0 Å². The van der Waals surface area contributed by atoms with Crippen LogP contribution in [0.1, 0.15) is 36.9 Å². The normalized spacial score (nSPS) is 18.9. The van der Waals surface area contributed by atoms with Gasteiger partial charge in [0.2, 0.25) is 11.8 Å². The molecule has 7 rings (SSSR count). The van der Waals surface area contributed by atoms with E-state index in [0.717, 1.165) is 64.8 Å². The third kappa shape index (κ3) is 4.03. The second-order valence-corrected chi connectivity index (χ2v) is 11.0. The molecule has 9 nitrogen and oxygen atoms in total. The fourth-order valence-electron chi connectivity index (χ4n) is 6.79. The van der Waals surface area contributed by atoms with Crippen molar-refractivity contribution in [1.82, 2.24) is 30.2 Å². The maximum absolute atomic E-state index is 14.4. The Hall–Kier alpha value is -4.24. The minimum atomic E-state index is -0.657. The maximum atomic E-state index is 14.4. The number of aromatic nitrogens is 4. The molecule has 0 atom stereocenters. The number of hydrogen-bond acceptors (Lipinski definition) is 7. The van der Waals surface area contributed by atoms with E-state index in [9.17, 15) is 9.59 Å². The van der Waals surface area contributed by atoms with Gasteiger partial charge in [0.15, 0.2) is 0 Å². The Labute approximate surface area is 232 Å². The Morgan fingerprint density at radius 3 is 2.55 bits per heavy atom. The van der Waals surface area contributed by atoms with E-state index in [1.165, 1.54) is 6.33 Å². The topological polar surface area (TPSA) is 104 Å². The monoisotopic (exact) mass is 533 g/mol. The van der Waals surface area contributed by atoms with Crippen LogP contribution < -0.4 is 10.2 Å². The average Bonchev–Trinajstić information content (AvgIpc) is 3.24. The Kier molecular flexibility index (Phi) is 6.23. The van der Waals surface area contributed by atoms with Gasteiger partial charge >= 0.3 is 0 Å². The summed E-state index contributed by atoms with van der Waals surface area (Å²) in [6, 6.07) is 10.1. The summed E-state index contributed by atoms with van der Waals surface area (Å²) in [6.07, 6.45) is 13.5. The zero-order chi connectivity index (χ0) is 27.1. The number of nitrogens with zero attached hydrogens (tertiary/aromatic N) is 6. The van der Waals surface area contributed by atoms with Crippen LogP contribution in [-0.2, 0) is 21.5 Å². The molecule has 202 valence electrons. The maximum Gasteiger partial charge on any atom is 0.238 e. The molecule has 3 aliphatic heterocycles. The summed E-state index contributed by atoms with van der Waals surface area (Å²) in [5.41, 5.74) is 3.75. The molecule has 40 heavy (non-hydrogen) atoms. The number of rotatable bonds is 4. The SMILES string of the molecule is O=C(C1CCNCC1)N1CCC2(CC1)C(=O)N(Cc1ncc3ccccc3c1-c1cncnc1)c1cnccc12. The van der Waals surface area contributed by atoms with E-state index in [-0.39, 0.29) is 17.7 Å². The molecule has 0 unspecified atom stereocenters. The summed E-state index contributed by atoms with van der Waals surface area (Å²) in [5, 5.41) is 5.40. The van der Waals surface area contributed by atoms with Gasteiger partial charge in [-0.3, -0.25) is 19.6 Å². The zero-order valence-electron chi connectivity index (χ0n) is 22.3. The summed E-state index contributed by atoms with van der Waals surface area (Å²) in [5.74, 6) is 0.389. The lowest BCUT2D eigenvalue weighted by Crippen LogP contribution is -2.51. The lowest BCUT2D eigenvalue weighted by molar-refractivity contribution is -0.140. The van der Waals surface area contributed by atoms with Gasteiger partial charge in [-0.05, 0) is 55.8 Å². The summed E-state index contributed by atoms with van der Waals surface area (Å²) < 4.78 is 0. The Morgan fingerprint density at radius 2 is 1.75 bits per heavy atom. The molecule has 3 aliphatic rings. The lowest BCUT2D eigenvalue weighted by Gasteiger charge is -2.40. The first-order valence-corrected chi connectivity index (χ1v) is 14.0. The number of benzene rings is 1. The fraction of sp³-hybridized carbons (Fsp3) is 0.355. The Balaban J connectivity index is 1.22. The van der Waals surface area contributed by atoms with Crippen molar-refractivity contribution in [3.63, 3.8) is 0 Å². The molecule has 0 saturated carbocycles. The molecule has 2 amide bonds. The van der Waals surface area contributed by atoms with Gasteiger partial charge in [0.05, 0.1) is 29.5 Å². The molecular weight excluding hydrogens is 502 g/mol. The van der Waals surface area contributed by atoms with Crippen LogP contribution in [0.2, 0.25) is 0 Å². The number of anilines is 1. The van der Waals surface area contributed by atoms with Gasteiger partial charge in [0, 0.05) is 60.3 Å². The number of amides is 2. The molecule has 1 spiro atoms. The highest BCUT2D eigenvalue weighted by Crippen LogP contribution is 2.48. The smallest absolute Gasteiger partial charge is 0.238 e. The van der Waals surface area contributed by atoms with Crippen molar-refractivity contribution < 1.29 is 9.59 Å². The van der Waals surface area contributed by atoms with E-state index in [4.69, 9.17) is 4.98 Å². The highest BCUT2D eigenvalue weighted by Gasteiger charge is 2.53. The fourth-order valence-corrected chi connectivity index (χ4v) is 6.79. The third-order valence-electron chi connectivity index (χ3n) is 8.91. The number of pyridine rings is 2. The number of piperidine rings is 2. The van der Waals surface area contributed by atoms with E-state index in [1.807, 2.05) is 40.3 Å². The van der Waals surface area contributed by atoms with Gasteiger partial charge < -0.3 is 15.1 Å². The first-order valence-electron chi connectivity index (χ1n) is 14.0. The first kappa shape index (κ1) is 24.8. The van der Waals surface area contributed by atoms with E-state index in [1.54, 1.807) is 24.8 Å². The van der Waals surface area contributed by atoms with Crippen LogP contribution in [0.15, 0.2) is 67.6 Å². The molecular formula is C31H31N7O2. The van der Waals surface area contributed by atoms with Gasteiger partial charge in [-0.25, -0.2) is 9.97 Å². The van der Waals surface area contributed by atoms with E-state index in [0.29, 0.717) is 32.5 Å². The van der Waals surface area contributed by atoms with Crippen molar-refractivity contribution in [3.8, 4) is 11.1 Å². The van der Waals surface area contributed by atoms with Gasteiger partial charge in [0.25, 0.3) is 0 Å². The number of carbonyl (C=O) groups is 2. The second-order valence-electron chi connectivity index (χ2n) is 11.0. The third-order valence-corrected chi connectivity index (χ3v) is 8.91. The molecule has 3 aromatic heterocycles. The van der Waals surface area contributed by atoms with Crippen molar-refractivity contribution in [1.29, 1.82) is 0 Å². The van der Waals surface area contributed by atoms with E-state index >= 15 is 0 Å². The minimum Gasteiger partial charge on any atom is -0.342 e. The lowest BCUT2D eigenvalue weighted by atomic mass is 9.73. The molecule has 0 aliphatic carbocycles. The molecule has 1 aromatic carbocycles. The Morgan fingerprint density at radius 1 is 0.975 bits per heavy atom. The van der Waals surface area contributed by atoms with Crippen LogP contribution in [-0.4, -0.2) is 62.8 Å². The Bertz CT molecular complexity index is 1580. The van der Waals surface area contributed by atoms with Gasteiger partial charge in [-0.15, -0.1) is 0 Å². The largest absolute Gasteiger partial charge is 0.342 e. The van der Waals surface area contributed by atoms with Crippen molar-refractivity contribution in [2.75, 3.05) is 31.1 Å². The molecule has 1 N–H and O–H groups in total. The van der Waals surface area contributed by atoms with Gasteiger partial charge in [-0.1, -0.05) is 24.3 Å². The van der Waals surface area contributed by atoms with Crippen LogP contribution in [0.4, 0.5) is 5.69 Å². The molecule has 2 fully saturated rings. The van der Waals surface area contributed by atoms with Crippen molar-refractivity contribution >= 4 is 28.3 Å². The van der Waals surface area contributed by atoms with Crippen LogP contribution >= 0.6 is 0 Å². The predicted octanol–water partition coefficient (Wildman–Crippen LogP) is 3.49. The molecule has 4 aromatic rings. The standard InChI is InChI=1S/C31H31N7O2/c39-29(21-5-10-32-11-6-21)37-13-8-31(9-14-37)25-7-12-33-18-27(25)38(30(31)40)19-26-28(23-15-34-20-35-16-23)24-4-2-1-3-22(24)17-36-26/h1-4,7,12,15-18,20-21,32H,5-6,8-11,13-14,19H2. The van der Waals surface area contributed by atoms with Gasteiger partial charge in [-0.2, -0.15) is 0 Å². The van der Waals surface area contributed by atoms with Crippen LogP contribution in [0.25, 0.3) is 21.9 Å². The van der Waals surface area contributed by atoms with Crippen molar-refractivity contribution in [3.05, 3.63) is 78.9 Å². The number of carbonyl (C=O) groups excluding carboxylic acids is 2. The van der Waals surface area contributed by atoms with Crippen LogP contribution in [0.5, 0.6) is 0 Å². The average molecular weight is 534 g/mol. The highest BCUT2D eigenvalue weighted by atomic mass is 16.2. The second kappa shape index (κ2) is 10.1. The summed E-state index contributed by atoms with van der Waals surface area (Å²) >= 11 is 0. The highest BCUT2D eigenvalue weighted by molar-refractivity contribution is 6.08. The quantitative estimate of drug-likeness (QED) is 0.428. The molecule has 0 bridgehead atoms. The first-order chi connectivity index (χ1) is 19.7. The van der Waals surface area contributed by atoms with E-state index < -0.39 is 5.41 Å². The number of hydrogen-bond donors (Lipinski definition) is 1. The van der Waals surface area contributed by atoms with Crippen LogP contribution in [0, 0.1) is 5.92 Å². The van der Waals surface area contributed by atoms with Crippen molar-refractivity contribution in [2.24, 2.45) is 5.92 Å². The molecule has 2 saturated heterocycles. The molecule has 9 heteroatoms. The zero-order valence-corrected chi connectivity index (χ0v) is 22.3. The van der Waals surface area contributed by atoms with Gasteiger partial charge in [0.1, 0.15) is 6.33 Å². The summed E-state index contributed by atoms with van der Waals surface area (Å²) in [6.45, 7) is 3.27. The predicted molar refractivity (Wildman–Crippen MR) is 151 cm³/mol. The number of nitrogens with one attached hydrogen (secondary N) is 1. The minimum absolute atomic E-state index is 0.0645. The van der Waals surface area contributed by atoms with Crippen molar-refractivity contribution in [2.45, 2.75) is 37.6 Å². The molecule has 0 radical (unpaired) electrons. The van der Waals surface area contributed by atoms with E-state index in [2.05, 4.69) is 26.3 Å². The molecule has 6 heterocycles. The number of likely N-dealkylation sites (tertiary alicyclic amines) is 1.